The lowest BCUT2D eigenvalue weighted by molar-refractivity contribution is 0.0526. The molecular weight excluding hydrogens is 240 g/mol. The molecular formula is C15H22N2O2. The molecule has 0 saturated heterocycles. The van der Waals surface area contributed by atoms with Crippen molar-refractivity contribution in [1.82, 2.24) is 0 Å². The minimum Gasteiger partial charge on any atom is -0.462 e. The van der Waals surface area contributed by atoms with E-state index in [1.165, 1.54) is 0 Å². The molecule has 0 heterocycles. The van der Waals surface area contributed by atoms with Crippen molar-refractivity contribution in [1.29, 1.82) is 0 Å². The van der Waals surface area contributed by atoms with E-state index in [9.17, 15) is 4.79 Å². The number of benzene rings is 1. The lowest BCUT2D eigenvalue weighted by Crippen LogP contribution is -2.17. The fraction of sp³-hybridized carbons (Fsp3) is 0.467. The van der Waals surface area contributed by atoms with Crippen molar-refractivity contribution >= 4 is 17.5 Å². The second-order valence-electron chi connectivity index (χ2n) is 5.29. The smallest absolute Gasteiger partial charge is 0.338 e. The molecule has 1 aromatic carbocycles. The number of anilines is 1. The first-order chi connectivity index (χ1) is 8.81. The Balaban J connectivity index is 2.72. The van der Waals surface area contributed by atoms with Gasteiger partial charge in [0.15, 0.2) is 0 Å². The molecule has 0 aliphatic rings. The summed E-state index contributed by atoms with van der Waals surface area (Å²) >= 11 is 0. The Labute approximate surface area is 114 Å². The molecule has 4 heteroatoms. The SMILES string of the molecule is CCOC(=O)c1ccc(NC(C)=NC(C)(C)C)cc1. The summed E-state index contributed by atoms with van der Waals surface area (Å²) in [4.78, 5) is 16.0. The van der Waals surface area contributed by atoms with E-state index in [2.05, 4.69) is 10.3 Å². The first kappa shape index (κ1) is 15.2. The van der Waals surface area contributed by atoms with Gasteiger partial charge in [0.05, 0.1) is 23.5 Å². The summed E-state index contributed by atoms with van der Waals surface area (Å²) in [5, 5.41) is 3.19. The van der Waals surface area contributed by atoms with Gasteiger partial charge in [0.2, 0.25) is 0 Å². The summed E-state index contributed by atoms with van der Waals surface area (Å²) < 4.78 is 4.93. The fourth-order valence-corrected chi connectivity index (χ4v) is 1.64. The van der Waals surface area contributed by atoms with Gasteiger partial charge in [-0.1, -0.05) is 0 Å². The number of carbonyl (C=O) groups is 1. The van der Waals surface area contributed by atoms with Gasteiger partial charge in [0, 0.05) is 5.69 Å². The van der Waals surface area contributed by atoms with E-state index in [0.29, 0.717) is 12.2 Å². The van der Waals surface area contributed by atoms with Crippen molar-refractivity contribution < 1.29 is 9.53 Å². The molecule has 0 amide bonds. The molecule has 1 rings (SSSR count). The standard InChI is InChI=1S/C15H22N2O2/c1-6-19-14(18)12-7-9-13(10-8-12)16-11(2)17-15(3,4)5/h7-10H,6H2,1-5H3,(H,16,17). The number of hydrogen-bond acceptors (Lipinski definition) is 3. The summed E-state index contributed by atoms with van der Waals surface area (Å²) in [6.45, 7) is 10.2. The van der Waals surface area contributed by atoms with E-state index >= 15 is 0 Å². The number of nitrogens with one attached hydrogen (secondary N) is 1. The first-order valence-corrected chi connectivity index (χ1v) is 6.42. The van der Waals surface area contributed by atoms with Crippen LogP contribution in [0, 0.1) is 0 Å². The van der Waals surface area contributed by atoms with Crippen molar-refractivity contribution in [3.8, 4) is 0 Å². The van der Waals surface area contributed by atoms with Gasteiger partial charge in [-0.05, 0) is 58.9 Å². The number of carbonyl (C=O) groups excluding carboxylic acids is 1. The fourth-order valence-electron chi connectivity index (χ4n) is 1.64. The van der Waals surface area contributed by atoms with Crippen molar-refractivity contribution in [2.45, 2.75) is 40.2 Å². The molecule has 0 aromatic heterocycles. The Morgan fingerprint density at radius 3 is 2.32 bits per heavy atom. The van der Waals surface area contributed by atoms with Crippen LogP contribution in [0.4, 0.5) is 5.69 Å². The van der Waals surface area contributed by atoms with E-state index in [-0.39, 0.29) is 11.5 Å². The number of hydrogen-bond donors (Lipinski definition) is 1. The highest BCUT2D eigenvalue weighted by molar-refractivity contribution is 5.95. The van der Waals surface area contributed by atoms with Crippen LogP contribution in [0.1, 0.15) is 45.0 Å². The van der Waals surface area contributed by atoms with Gasteiger partial charge in [-0.2, -0.15) is 0 Å². The molecule has 0 unspecified atom stereocenters. The molecule has 0 aliphatic carbocycles. The number of aliphatic imine (C=N–C) groups is 1. The maximum atomic E-state index is 11.5. The molecule has 1 aromatic rings. The van der Waals surface area contributed by atoms with Crippen LogP contribution in [0.2, 0.25) is 0 Å². The summed E-state index contributed by atoms with van der Waals surface area (Å²) in [6.07, 6.45) is 0. The first-order valence-electron chi connectivity index (χ1n) is 6.42. The lowest BCUT2D eigenvalue weighted by atomic mass is 10.1. The molecule has 0 spiro atoms. The summed E-state index contributed by atoms with van der Waals surface area (Å²) in [5.41, 5.74) is 1.35. The van der Waals surface area contributed by atoms with Crippen LogP contribution in [0.25, 0.3) is 0 Å². The summed E-state index contributed by atoms with van der Waals surface area (Å²) in [7, 11) is 0. The monoisotopic (exact) mass is 262 g/mol. The number of ether oxygens (including phenoxy) is 1. The van der Waals surface area contributed by atoms with E-state index in [1.807, 2.05) is 39.8 Å². The van der Waals surface area contributed by atoms with Gasteiger partial charge in [-0.15, -0.1) is 0 Å². The summed E-state index contributed by atoms with van der Waals surface area (Å²) in [5.74, 6) is 0.547. The van der Waals surface area contributed by atoms with Gasteiger partial charge in [0.25, 0.3) is 0 Å². The maximum absolute atomic E-state index is 11.5. The van der Waals surface area contributed by atoms with Gasteiger partial charge in [-0.25, -0.2) is 4.79 Å². The summed E-state index contributed by atoms with van der Waals surface area (Å²) in [6, 6.07) is 7.16. The van der Waals surface area contributed by atoms with Gasteiger partial charge >= 0.3 is 5.97 Å². The zero-order chi connectivity index (χ0) is 14.5. The molecule has 1 N–H and O–H groups in total. The zero-order valence-electron chi connectivity index (χ0n) is 12.3. The van der Waals surface area contributed by atoms with Crippen molar-refractivity contribution in [3.63, 3.8) is 0 Å². The zero-order valence-corrected chi connectivity index (χ0v) is 12.3. The number of amidine groups is 1. The van der Waals surface area contributed by atoms with Crippen molar-refractivity contribution in [2.24, 2.45) is 4.99 Å². The Kier molecular flexibility index (Phi) is 5.10. The van der Waals surface area contributed by atoms with Crippen LogP contribution in [0.3, 0.4) is 0 Å². The molecule has 19 heavy (non-hydrogen) atoms. The van der Waals surface area contributed by atoms with E-state index in [0.717, 1.165) is 11.5 Å². The molecule has 0 atom stereocenters. The van der Waals surface area contributed by atoms with Crippen LogP contribution in [0.5, 0.6) is 0 Å². The Hall–Kier alpha value is -1.84. The minimum absolute atomic E-state index is 0.109. The predicted octanol–water partition coefficient (Wildman–Crippen LogP) is 3.49. The van der Waals surface area contributed by atoms with Gasteiger partial charge < -0.3 is 10.1 Å². The average molecular weight is 262 g/mol. The second kappa shape index (κ2) is 6.36. The predicted molar refractivity (Wildman–Crippen MR) is 78.9 cm³/mol. The third-order valence-electron chi connectivity index (χ3n) is 2.22. The van der Waals surface area contributed by atoms with E-state index in [1.54, 1.807) is 19.1 Å². The highest BCUT2D eigenvalue weighted by Crippen LogP contribution is 2.12. The Morgan fingerprint density at radius 2 is 1.84 bits per heavy atom. The average Bonchev–Trinajstić information content (AvgIpc) is 2.27. The molecule has 0 aliphatic heterocycles. The topological polar surface area (TPSA) is 50.7 Å². The molecule has 104 valence electrons. The molecule has 0 saturated carbocycles. The quantitative estimate of drug-likeness (QED) is 0.515. The van der Waals surface area contributed by atoms with Crippen LogP contribution in [-0.4, -0.2) is 24.0 Å². The Bertz CT molecular complexity index is 456. The van der Waals surface area contributed by atoms with Gasteiger partial charge in [-0.3, -0.25) is 4.99 Å². The Morgan fingerprint density at radius 1 is 1.26 bits per heavy atom. The van der Waals surface area contributed by atoms with Crippen LogP contribution < -0.4 is 5.32 Å². The molecule has 0 bridgehead atoms. The molecule has 0 radical (unpaired) electrons. The highest BCUT2D eigenvalue weighted by atomic mass is 16.5. The lowest BCUT2D eigenvalue weighted by Gasteiger charge is -2.15. The third-order valence-corrected chi connectivity index (χ3v) is 2.22. The van der Waals surface area contributed by atoms with Crippen LogP contribution in [-0.2, 0) is 4.74 Å². The number of rotatable bonds is 3. The third kappa shape index (κ3) is 5.55. The van der Waals surface area contributed by atoms with Crippen LogP contribution >= 0.6 is 0 Å². The second-order valence-corrected chi connectivity index (χ2v) is 5.29. The normalized spacial score (nSPS) is 12.2. The van der Waals surface area contributed by atoms with Crippen LogP contribution in [0.15, 0.2) is 29.3 Å². The van der Waals surface area contributed by atoms with Gasteiger partial charge in [0.1, 0.15) is 0 Å². The van der Waals surface area contributed by atoms with Crippen molar-refractivity contribution in [3.05, 3.63) is 29.8 Å². The molecule has 4 nitrogen and oxygen atoms in total. The minimum atomic E-state index is -0.297. The van der Waals surface area contributed by atoms with Crippen molar-refractivity contribution in [2.75, 3.05) is 11.9 Å². The largest absolute Gasteiger partial charge is 0.462 e. The number of nitrogens with zero attached hydrogens (tertiary/aromatic N) is 1. The highest BCUT2D eigenvalue weighted by Gasteiger charge is 2.08. The number of esters is 1. The van der Waals surface area contributed by atoms with E-state index in [4.69, 9.17) is 4.74 Å². The molecule has 0 fully saturated rings. The maximum Gasteiger partial charge on any atom is 0.338 e. The van der Waals surface area contributed by atoms with E-state index < -0.39 is 0 Å².